The van der Waals surface area contributed by atoms with Crippen molar-refractivity contribution in [3.8, 4) is 0 Å². The number of nitrogens with zero attached hydrogens (tertiary/aromatic N) is 2. The number of rotatable bonds is 7. The second-order valence-corrected chi connectivity index (χ2v) is 3.64. The van der Waals surface area contributed by atoms with Crippen molar-refractivity contribution < 1.29 is 9.53 Å². The van der Waals surface area contributed by atoms with E-state index in [9.17, 15) is 4.79 Å². The van der Waals surface area contributed by atoms with Crippen molar-refractivity contribution in [1.29, 1.82) is 0 Å². The van der Waals surface area contributed by atoms with Gasteiger partial charge >= 0.3 is 5.97 Å². The average Bonchev–Trinajstić information content (AvgIpc) is 2.70. The number of nitrogens with one attached hydrogen (secondary N) is 1. The van der Waals surface area contributed by atoms with E-state index in [0.29, 0.717) is 13.2 Å². The lowest BCUT2D eigenvalue weighted by atomic mass is 10.4. The summed E-state index contributed by atoms with van der Waals surface area (Å²) in [6.45, 7) is 6.50. The number of aromatic nitrogens is 2. The fourth-order valence-electron chi connectivity index (χ4n) is 1.31. The molecule has 0 spiro atoms. The molecule has 1 aromatic rings. The Labute approximate surface area is 101 Å². The fourth-order valence-corrected chi connectivity index (χ4v) is 1.31. The van der Waals surface area contributed by atoms with Gasteiger partial charge in [-0.2, -0.15) is 5.10 Å². The monoisotopic (exact) mass is 237 g/mol. The van der Waals surface area contributed by atoms with E-state index < -0.39 is 0 Å². The predicted octanol–water partition coefficient (Wildman–Crippen LogP) is 0.900. The molecule has 0 unspecified atom stereocenters. The minimum atomic E-state index is -0.294. The zero-order valence-electron chi connectivity index (χ0n) is 10.3. The molecular formula is C12H19N3O2. The number of carbonyl (C=O) groups excluding carboxylic acids is 1. The first-order chi connectivity index (χ1) is 8.22. The Morgan fingerprint density at radius 1 is 1.65 bits per heavy atom. The molecule has 1 heterocycles. The van der Waals surface area contributed by atoms with E-state index in [0.717, 1.165) is 18.7 Å². The summed E-state index contributed by atoms with van der Waals surface area (Å²) in [6.07, 6.45) is 7.03. The number of esters is 1. The Hall–Kier alpha value is -1.62. The summed E-state index contributed by atoms with van der Waals surface area (Å²) in [5.74, 6) is -0.294. The van der Waals surface area contributed by atoms with Crippen molar-refractivity contribution in [3.05, 3.63) is 30.1 Å². The van der Waals surface area contributed by atoms with Crippen LogP contribution in [0.5, 0.6) is 0 Å². The second-order valence-electron chi connectivity index (χ2n) is 3.64. The first-order valence-corrected chi connectivity index (χ1v) is 5.75. The van der Waals surface area contributed by atoms with Crippen LogP contribution in [0.4, 0.5) is 0 Å². The van der Waals surface area contributed by atoms with Crippen molar-refractivity contribution >= 4 is 5.97 Å². The van der Waals surface area contributed by atoms with Gasteiger partial charge in [0.1, 0.15) is 0 Å². The molecule has 0 aliphatic rings. The van der Waals surface area contributed by atoms with Crippen LogP contribution in [-0.4, -0.2) is 35.4 Å². The zero-order chi connectivity index (χ0) is 12.5. The second kappa shape index (κ2) is 7.62. The summed E-state index contributed by atoms with van der Waals surface area (Å²) in [6, 6.07) is 0. The van der Waals surface area contributed by atoms with Gasteiger partial charge in [0.25, 0.3) is 0 Å². The molecule has 0 aliphatic carbocycles. The van der Waals surface area contributed by atoms with Gasteiger partial charge in [-0.25, -0.2) is 4.79 Å². The highest BCUT2D eigenvalue weighted by molar-refractivity contribution is 5.81. The molecule has 0 fully saturated rings. The minimum absolute atomic E-state index is 0.294. The van der Waals surface area contributed by atoms with Gasteiger partial charge < -0.3 is 10.1 Å². The van der Waals surface area contributed by atoms with E-state index in [-0.39, 0.29) is 5.97 Å². The van der Waals surface area contributed by atoms with Crippen molar-refractivity contribution in [1.82, 2.24) is 15.1 Å². The van der Waals surface area contributed by atoms with Crippen LogP contribution in [0.2, 0.25) is 0 Å². The molecule has 0 atom stereocenters. The predicted molar refractivity (Wildman–Crippen MR) is 65.6 cm³/mol. The van der Waals surface area contributed by atoms with Crippen molar-refractivity contribution in [2.75, 3.05) is 19.7 Å². The van der Waals surface area contributed by atoms with Crippen LogP contribution in [0.3, 0.4) is 0 Å². The summed E-state index contributed by atoms with van der Waals surface area (Å²) in [7, 11) is 0. The number of hydrogen-bond acceptors (Lipinski definition) is 4. The lowest BCUT2D eigenvalue weighted by Gasteiger charge is -2.01. The molecule has 17 heavy (non-hydrogen) atoms. The van der Waals surface area contributed by atoms with Crippen LogP contribution in [0.15, 0.2) is 24.5 Å². The highest BCUT2D eigenvalue weighted by atomic mass is 16.5. The summed E-state index contributed by atoms with van der Waals surface area (Å²) in [4.78, 5) is 10.9. The average molecular weight is 237 g/mol. The summed E-state index contributed by atoms with van der Waals surface area (Å²) >= 11 is 0. The standard InChI is InChI=1S/C12H19N3O2/c1-3-17-12(16)5-4-6-13-7-8-15-10-11(2)9-14-15/h4-5,9-10,13H,3,6-8H2,1-2H3/b5-4+. The first-order valence-electron chi connectivity index (χ1n) is 5.75. The molecular weight excluding hydrogens is 218 g/mol. The van der Waals surface area contributed by atoms with Crippen LogP contribution in [0.25, 0.3) is 0 Å². The van der Waals surface area contributed by atoms with Gasteiger partial charge in [0, 0.05) is 25.4 Å². The zero-order valence-corrected chi connectivity index (χ0v) is 10.3. The third-order valence-corrected chi connectivity index (χ3v) is 2.08. The van der Waals surface area contributed by atoms with Gasteiger partial charge in [0.05, 0.1) is 19.3 Å². The van der Waals surface area contributed by atoms with E-state index >= 15 is 0 Å². The normalized spacial score (nSPS) is 10.9. The molecule has 0 aromatic carbocycles. The Balaban J connectivity index is 2.06. The molecule has 0 radical (unpaired) electrons. The molecule has 0 saturated heterocycles. The van der Waals surface area contributed by atoms with E-state index in [1.54, 1.807) is 13.0 Å². The largest absolute Gasteiger partial charge is 0.463 e. The van der Waals surface area contributed by atoms with E-state index in [1.807, 2.05) is 24.0 Å². The Kier molecular flexibility index (Phi) is 6.03. The molecule has 0 bridgehead atoms. The lowest BCUT2D eigenvalue weighted by Crippen LogP contribution is -2.20. The quantitative estimate of drug-likeness (QED) is 0.435. The van der Waals surface area contributed by atoms with Crippen molar-refractivity contribution in [2.45, 2.75) is 20.4 Å². The smallest absolute Gasteiger partial charge is 0.330 e. The van der Waals surface area contributed by atoms with E-state index in [4.69, 9.17) is 4.74 Å². The van der Waals surface area contributed by atoms with Crippen LogP contribution in [-0.2, 0) is 16.1 Å². The number of ether oxygens (including phenoxy) is 1. The maximum atomic E-state index is 10.9. The van der Waals surface area contributed by atoms with Gasteiger partial charge in [-0.3, -0.25) is 4.68 Å². The molecule has 1 rings (SSSR count). The minimum Gasteiger partial charge on any atom is -0.463 e. The topological polar surface area (TPSA) is 56.1 Å². The summed E-state index contributed by atoms with van der Waals surface area (Å²) in [5, 5.41) is 7.36. The van der Waals surface area contributed by atoms with Crippen molar-refractivity contribution in [3.63, 3.8) is 0 Å². The molecule has 1 aromatic heterocycles. The Morgan fingerprint density at radius 3 is 3.12 bits per heavy atom. The maximum Gasteiger partial charge on any atom is 0.330 e. The number of hydrogen-bond donors (Lipinski definition) is 1. The molecule has 5 heteroatoms. The Morgan fingerprint density at radius 2 is 2.47 bits per heavy atom. The summed E-state index contributed by atoms with van der Waals surface area (Å²) in [5.41, 5.74) is 1.16. The van der Waals surface area contributed by atoms with Crippen LogP contribution >= 0.6 is 0 Å². The van der Waals surface area contributed by atoms with Gasteiger partial charge in [-0.1, -0.05) is 6.08 Å². The third kappa shape index (κ3) is 5.87. The molecule has 0 amide bonds. The fraction of sp³-hybridized carbons (Fsp3) is 0.500. The Bertz CT molecular complexity index is 372. The van der Waals surface area contributed by atoms with Crippen LogP contribution in [0, 0.1) is 6.92 Å². The molecule has 1 N–H and O–H groups in total. The van der Waals surface area contributed by atoms with Crippen LogP contribution < -0.4 is 5.32 Å². The van der Waals surface area contributed by atoms with Gasteiger partial charge in [-0.15, -0.1) is 0 Å². The van der Waals surface area contributed by atoms with E-state index in [2.05, 4.69) is 10.4 Å². The van der Waals surface area contributed by atoms with E-state index in [1.165, 1.54) is 6.08 Å². The highest BCUT2D eigenvalue weighted by Crippen LogP contribution is 1.92. The number of carbonyl (C=O) groups is 1. The highest BCUT2D eigenvalue weighted by Gasteiger charge is 1.93. The van der Waals surface area contributed by atoms with Gasteiger partial charge in [0.2, 0.25) is 0 Å². The molecule has 94 valence electrons. The maximum absolute atomic E-state index is 10.9. The SMILES string of the molecule is CCOC(=O)/C=C/CNCCn1cc(C)cn1. The molecule has 0 aliphatic heterocycles. The third-order valence-electron chi connectivity index (χ3n) is 2.08. The van der Waals surface area contributed by atoms with Crippen LogP contribution in [0.1, 0.15) is 12.5 Å². The van der Waals surface area contributed by atoms with Gasteiger partial charge in [0.15, 0.2) is 0 Å². The molecule has 5 nitrogen and oxygen atoms in total. The summed E-state index contributed by atoms with van der Waals surface area (Å²) < 4.78 is 6.64. The number of aryl methyl sites for hydroxylation is 1. The first kappa shape index (κ1) is 13.4. The van der Waals surface area contributed by atoms with Gasteiger partial charge in [-0.05, 0) is 19.4 Å². The molecule has 0 saturated carbocycles. The van der Waals surface area contributed by atoms with Crippen molar-refractivity contribution in [2.24, 2.45) is 0 Å². The lowest BCUT2D eigenvalue weighted by molar-refractivity contribution is -0.137.